The van der Waals surface area contributed by atoms with Crippen LogP contribution in [0, 0.1) is 6.92 Å². The zero-order valence-corrected chi connectivity index (χ0v) is 10.4. The number of anilines is 1. The molecule has 1 unspecified atom stereocenters. The molecule has 94 valence electrons. The normalized spacial score (nSPS) is 13.5. The highest BCUT2D eigenvalue weighted by Crippen LogP contribution is 2.21. The molecule has 5 nitrogen and oxygen atoms in total. The molecule has 4 N–H and O–H groups in total. The molecule has 0 saturated heterocycles. The highest BCUT2D eigenvalue weighted by Gasteiger charge is 2.12. The van der Waals surface area contributed by atoms with Gasteiger partial charge in [0, 0.05) is 24.8 Å². The van der Waals surface area contributed by atoms with E-state index in [1.807, 2.05) is 31.0 Å². The van der Waals surface area contributed by atoms with Crippen LogP contribution in [0.2, 0.25) is 0 Å². The summed E-state index contributed by atoms with van der Waals surface area (Å²) in [6, 6.07) is 5.64. The molecule has 0 aromatic heterocycles. The van der Waals surface area contributed by atoms with Gasteiger partial charge in [0.2, 0.25) is 0 Å². The highest BCUT2D eigenvalue weighted by atomic mass is 16.4. The Kier molecular flexibility index (Phi) is 4.34. The minimum atomic E-state index is -0.444. The van der Waals surface area contributed by atoms with Gasteiger partial charge in [-0.05, 0) is 31.5 Å². The Balaban J connectivity index is 3.15. The van der Waals surface area contributed by atoms with Gasteiger partial charge in [-0.3, -0.25) is 0 Å². The fraction of sp³-hybridized carbons (Fsp3) is 0.417. The Morgan fingerprint density at radius 3 is 2.71 bits per heavy atom. The van der Waals surface area contributed by atoms with Crippen molar-refractivity contribution in [3.8, 4) is 0 Å². The number of benzene rings is 1. The third-order valence-electron chi connectivity index (χ3n) is 2.49. The SMILES string of the molecule is Cc1ccc(C(N)=NO)c(N(C)CC(C)O)c1. The van der Waals surface area contributed by atoms with Crippen LogP contribution in [0.4, 0.5) is 5.69 Å². The monoisotopic (exact) mass is 237 g/mol. The van der Waals surface area contributed by atoms with Gasteiger partial charge >= 0.3 is 0 Å². The van der Waals surface area contributed by atoms with E-state index in [0.717, 1.165) is 11.3 Å². The van der Waals surface area contributed by atoms with Crippen molar-refractivity contribution < 1.29 is 10.3 Å². The summed E-state index contributed by atoms with van der Waals surface area (Å²) < 4.78 is 0. The number of hydrogen-bond acceptors (Lipinski definition) is 4. The van der Waals surface area contributed by atoms with Crippen LogP contribution in [-0.2, 0) is 0 Å². The lowest BCUT2D eigenvalue weighted by Crippen LogP contribution is -2.29. The van der Waals surface area contributed by atoms with E-state index >= 15 is 0 Å². The summed E-state index contributed by atoms with van der Waals surface area (Å²) in [5.74, 6) is 0.0671. The lowest BCUT2D eigenvalue weighted by Gasteiger charge is -2.23. The molecule has 0 heterocycles. The van der Waals surface area contributed by atoms with Gasteiger partial charge in [0.05, 0.1) is 6.10 Å². The third-order valence-corrected chi connectivity index (χ3v) is 2.49. The number of aryl methyl sites for hydroxylation is 1. The Labute approximate surface area is 101 Å². The quantitative estimate of drug-likeness (QED) is 0.314. The number of hydrogen-bond donors (Lipinski definition) is 3. The number of likely N-dealkylation sites (N-methyl/N-ethyl adjacent to an activating group) is 1. The van der Waals surface area contributed by atoms with Crippen molar-refractivity contribution in [3.05, 3.63) is 29.3 Å². The van der Waals surface area contributed by atoms with E-state index in [9.17, 15) is 5.11 Å². The van der Waals surface area contributed by atoms with Crippen molar-refractivity contribution in [2.75, 3.05) is 18.5 Å². The van der Waals surface area contributed by atoms with Crippen molar-refractivity contribution in [2.45, 2.75) is 20.0 Å². The van der Waals surface area contributed by atoms with Crippen molar-refractivity contribution in [2.24, 2.45) is 10.9 Å². The summed E-state index contributed by atoms with van der Waals surface area (Å²) >= 11 is 0. The zero-order valence-electron chi connectivity index (χ0n) is 10.4. The van der Waals surface area contributed by atoms with Crippen molar-refractivity contribution in [1.29, 1.82) is 0 Å². The number of aliphatic hydroxyl groups is 1. The zero-order chi connectivity index (χ0) is 13.0. The van der Waals surface area contributed by atoms with Crippen LogP contribution >= 0.6 is 0 Å². The molecule has 1 atom stereocenters. The van der Waals surface area contributed by atoms with Crippen molar-refractivity contribution in [1.82, 2.24) is 0 Å². The summed E-state index contributed by atoms with van der Waals surface area (Å²) in [6.07, 6.45) is -0.444. The molecule has 0 bridgehead atoms. The van der Waals surface area contributed by atoms with E-state index in [0.29, 0.717) is 12.1 Å². The van der Waals surface area contributed by atoms with Crippen LogP contribution in [0.1, 0.15) is 18.1 Å². The molecular formula is C12H19N3O2. The van der Waals surface area contributed by atoms with Crippen molar-refractivity contribution in [3.63, 3.8) is 0 Å². The Hall–Kier alpha value is -1.75. The number of nitrogens with zero attached hydrogens (tertiary/aromatic N) is 2. The maximum absolute atomic E-state index is 9.39. The topological polar surface area (TPSA) is 82.1 Å². The average molecular weight is 237 g/mol. The minimum Gasteiger partial charge on any atom is -0.409 e. The molecule has 0 radical (unpaired) electrons. The van der Waals surface area contributed by atoms with Gasteiger partial charge in [-0.1, -0.05) is 11.2 Å². The molecule has 1 aromatic carbocycles. The lowest BCUT2D eigenvalue weighted by atomic mass is 10.1. The summed E-state index contributed by atoms with van der Waals surface area (Å²) in [6.45, 7) is 4.17. The lowest BCUT2D eigenvalue weighted by molar-refractivity contribution is 0.201. The van der Waals surface area contributed by atoms with Crippen LogP contribution in [0.25, 0.3) is 0 Å². The smallest absolute Gasteiger partial charge is 0.172 e. The molecule has 0 amide bonds. The summed E-state index contributed by atoms with van der Waals surface area (Å²) in [4.78, 5) is 1.88. The third kappa shape index (κ3) is 3.35. The first-order chi connectivity index (χ1) is 7.95. The number of aliphatic hydroxyl groups excluding tert-OH is 1. The first-order valence-corrected chi connectivity index (χ1v) is 5.43. The van der Waals surface area contributed by atoms with Crippen LogP contribution < -0.4 is 10.6 Å². The van der Waals surface area contributed by atoms with Crippen molar-refractivity contribution >= 4 is 11.5 Å². The predicted octanol–water partition coefficient (Wildman–Crippen LogP) is 0.907. The fourth-order valence-electron chi connectivity index (χ4n) is 1.72. The molecule has 0 fully saturated rings. The van der Waals surface area contributed by atoms with Gasteiger partial charge in [0.25, 0.3) is 0 Å². The van der Waals surface area contributed by atoms with E-state index in [1.54, 1.807) is 13.0 Å². The number of oxime groups is 1. The van der Waals surface area contributed by atoms with E-state index < -0.39 is 6.10 Å². The maximum Gasteiger partial charge on any atom is 0.172 e. The molecule has 0 aliphatic rings. The van der Waals surface area contributed by atoms with Gasteiger partial charge in [-0.25, -0.2) is 0 Å². The minimum absolute atomic E-state index is 0.0671. The number of rotatable bonds is 4. The first-order valence-electron chi connectivity index (χ1n) is 5.43. The van der Waals surface area contributed by atoms with Gasteiger partial charge in [-0.2, -0.15) is 0 Å². The fourth-order valence-corrected chi connectivity index (χ4v) is 1.72. The van der Waals surface area contributed by atoms with E-state index in [4.69, 9.17) is 10.9 Å². The molecule has 17 heavy (non-hydrogen) atoms. The summed E-state index contributed by atoms with van der Waals surface area (Å²) in [5, 5.41) is 21.1. The highest BCUT2D eigenvalue weighted by molar-refractivity contribution is 6.02. The Morgan fingerprint density at radius 1 is 1.53 bits per heavy atom. The summed E-state index contributed by atoms with van der Waals surface area (Å²) in [5.41, 5.74) is 8.19. The molecule has 5 heteroatoms. The maximum atomic E-state index is 9.39. The second-order valence-electron chi connectivity index (χ2n) is 4.24. The molecule has 0 aliphatic heterocycles. The predicted molar refractivity (Wildman–Crippen MR) is 68.6 cm³/mol. The van der Waals surface area contributed by atoms with E-state index in [2.05, 4.69) is 5.16 Å². The molecular weight excluding hydrogens is 218 g/mol. The molecule has 0 aliphatic carbocycles. The largest absolute Gasteiger partial charge is 0.409 e. The van der Waals surface area contributed by atoms with E-state index in [-0.39, 0.29) is 5.84 Å². The van der Waals surface area contributed by atoms with Crippen LogP contribution in [0.15, 0.2) is 23.4 Å². The Morgan fingerprint density at radius 2 is 2.18 bits per heavy atom. The average Bonchev–Trinajstić information content (AvgIpc) is 2.27. The molecule has 0 saturated carbocycles. The number of amidine groups is 1. The molecule has 1 rings (SSSR count). The first kappa shape index (κ1) is 13.3. The van der Waals surface area contributed by atoms with Gasteiger partial charge in [0.1, 0.15) is 0 Å². The standard InChI is InChI=1S/C12H19N3O2/c1-8-4-5-10(12(13)14-17)11(6-8)15(3)7-9(2)16/h4-6,9,16-17H,7H2,1-3H3,(H2,13,14). The molecule has 0 spiro atoms. The number of nitrogens with two attached hydrogens (primary N) is 1. The van der Waals surface area contributed by atoms with Crippen LogP contribution in [-0.4, -0.2) is 35.8 Å². The Bertz CT molecular complexity index is 416. The van der Waals surface area contributed by atoms with Crippen LogP contribution in [0.5, 0.6) is 0 Å². The van der Waals surface area contributed by atoms with E-state index in [1.165, 1.54) is 0 Å². The van der Waals surface area contributed by atoms with Gasteiger partial charge < -0.3 is 20.9 Å². The second-order valence-corrected chi connectivity index (χ2v) is 4.24. The van der Waals surface area contributed by atoms with Gasteiger partial charge in [-0.15, -0.1) is 0 Å². The molecule has 1 aromatic rings. The summed E-state index contributed by atoms with van der Waals surface area (Å²) in [7, 11) is 1.86. The second kappa shape index (κ2) is 5.54. The van der Waals surface area contributed by atoms with Crippen LogP contribution in [0.3, 0.4) is 0 Å². The van der Waals surface area contributed by atoms with Gasteiger partial charge in [0.15, 0.2) is 5.84 Å².